The molecule has 0 unspecified atom stereocenters. The number of nitrogens with zero attached hydrogens (tertiary/aromatic N) is 5. The molecule has 0 bridgehead atoms. The van der Waals surface area contributed by atoms with E-state index in [-0.39, 0.29) is 5.78 Å². The van der Waals surface area contributed by atoms with Crippen LogP contribution in [0.2, 0.25) is 0 Å². The lowest BCUT2D eigenvalue weighted by Crippen LogP contribution is -2.45. The van der Waals surface area contributed by atoms with Gasteiger partial charge in [-0.25, -0.2) is 9.50 Å². The third kappa shape index (κ3) is 4.42. The number of carbonyl (C=O) groups is 2. The first-order chi connectivity index (χ1) is 17.4. The highest BCUT2D eigenvalue weighted by Gasteiger charge is 2.27. The Labute approximate surface area is 213 Å². The van der Waals surface area contributed by atoms with Crippen LogP contribution >= 0.6 is 11.3 Å². The van der Waals surface area contributed by atoms with Crippen molar-refractivity contribution in [3.05, 3.63) is 41.3 Å². The van der Waals surface area contributed by atoms with Crippen molar-refractivity contribution >= 4 is 45.0 Å². The van der Waals surface area contributed by atoms with Gasteiger partial charge in [-0.15, -0.1) is 11.3 Å². The molecule has 0 aliphatic carbocycles. The number of hydrogen-bond acceptors (Lipinski definition) is 8. The number of aromatic nitrogens is 3. The predicted octanol–water partition coefficient (Wildman–Crippen LogP) is 3.31. The molecule has 4 aromatic rings. The van der Waals surface area contributed by atoms with Gasteiger partial charge in [-0.1, -0.05) is 6.07 Å². The summed E-state index contributed by atoms with van der Waals surface area (Å²) in [5, 5.41) is 5.70. The van der Waals surface area contributed by atoms with Crippen LogP contribution in [-0.2, 0) is 22.6 Å². The molecule has 36 heavy (non-hydrogen) atoms. The van der Waals surface area contributed by atoms with Crippen LogP contribution in [0.15, 0.2) is 24.5 Å². The predicted molar refractivity (Wildman–Crippen MR) is 141 cm³/mol. The number of aryl methyl sites for hydroxylation is 1. The summed E-state index contributed by atoms with van der Waals surface area (Å²) in [5.41, 5.74) is 11.4. The lowest BCUT2D eigenvalue weighted by Gasteiger charge is -2.32. The number of fused-ring (bicyclic) bond motifs is 2. The van der Waals surface area contributed by atoms with Gasteiger partial charge in [-0.05, 0) is 48.9 Å². The molecule has 9 nitrogen and oxygen atoms in total. The number of rotatable bonds is 8. The van der Waals surface area contributed by atoms with E-state index in [1.54, 1.807) is 30.3 Å². The number of benzene rings is 1. The minimum atomic E-state index is 0.134. The van der Waals surface area contributed by atoms with Crippen molar-refractivity contribution in [2.24, 2.45) is 0 Å². The Hall–Kier alpha value is -3.50. The molecule has 1 amide bonds. The SMILES string of the molecule is COc1cc(C)cc2cc(-c3c(CCC(C)=O)c(CN4CCN(C=O)CC4)n4ncnc(N)c34)sc12. The van der Waals surface area contributed by atoms with E-state index in [2.05, 4.69) is 34.0 Å². The molecule has 1 aliphatic heterocycles. The summed E-state index contributed by atoms with van der Waals surface area (Å²) in [7, 11) is 1.69. The first-order valence-electron chi connectivity index (χ1n) is 12.0. The number of nitrogens with two attached hydrogens (primary N) is 1. The van der Waals surface area contributed by atoms with Gasteiger partial charge in [0.15, 0.2) is 5.82 Å². The number of thiophene rings is 1. The topological polar surface area (TPSA) is 106 Å². The number of amides is 1. The Kier molecular flexibility index (Phi) is 6.63. The molecule has 1 fully saturated rings. The van der Waals surface area contributed by atoms with Crippen LogP contribution in [0.5, 0.6) is 5.75 Å². The van der Waals surface area contributed by atoms with Crippen LogP contribution in [0.4, 0.5) is 5.82 Å². The van der Waals surface area contributed by atoms with Crippen LogP contribution in [0.1, 0.15) is 30.2 Å². The molecule has 3 aromatic heterocycles. The van der Waals surface area contributed by atoms with E-state index in [4.69, 9.17) is 10.5 Å². The monoisotopic (exact) mass is 506 g/mol. The number of nitrogen functional groups attached to an aromatic ring is 1. The second kappa shape index (κ2) is 9.87. The number of ketones is 1. The summed E-state index contributed by atoms with van der Waals surface area (Å²) in [6, 6.07) is 6.36. The molecule has 188 valence electrons. The van der Waals surface area contributed by atoms with E-state index in [9.17, 15) is 9.59 Å². The summed E-state index contributed by atoms with van der Waals surface area (Å²) in [4.78, 5) is 32.7. The largest absolute Gasteiger partial charge is 0.495 e. The zero-order chi connectivity index (χ0) is 25.4. The van der Waals surface area contributed by atoms with Gasteiger partial charge in [0.25, 0.3) is 0 Å². The zero-order valence-corrected chi connectivity index (χ0v) is 21.6. The summed E-state index contributed by atoms with van der Waals surface area (Å²) in [5.74, 6) is 1.38. The third-order valence-electron chi connectivity index (χ3n) is 6.81. The lowest BCUT2D eigenvalue weighted by atomic mass is 10.0. The summed E-state index contributed by atoms with van der Waals surface area (Å²) >= 11 is 1.65. The average molecular weight is 507 g/mol. The summed E-state index contributed by atoms with van der Waals surface area (Å²) in [6.07, 6.45) is 3.40. The summed E-state index contributed by atoms with van der Waals surface area (Å²) in [6.45, 7) is 7.24. The van der Waals surface area contributed by atoms with Crippen LogP contribution < -0.4 is 10.5 Å². The smallest absolute Gasteiger partial charge is 0.209 e. The van der Waals surface area contributed by atoms with Gasteiger partial charge < -0.3 is 20.2 Å². The van der Waals surface area contributed by atoms with Crippen LogP contribution in [0.3, 0.4) is 0 Å². The molecule has 2 N–H and O–H groups in total. The molecule has 4 heterocycles. The lowest BCUT2D eigenvalue weighted by molar-refractivity contribution is -0.119. The highest BCUT2D eigenvalue weighted by atomic mass is 32.1. The quantitative estimate of drug-likeness (QED) is 0.366. The molecule has 0 spiro atoms. The van der Waals surface area contributed by atoms with Gasteiger partial charge in [-0.3, -0.25) is 9.69 Å². The number of methoxy groups -OCH3 is 1. The Morgan fingerprint density at radius 3 is 2.69 bits per heavy atom. The van der Waals surface area contributed by atoms with Crippen molar-refractivity contribution in [1.82, 2.24) is 24.4 Å². The van der Waals surface area contributed by atoms with Gasteiger partial charge in [-0.2, -0.15) is 5.10 Å². The van der Waals surface area contributed by atoms with E-state index < -0.39 is 0 Å². The number of carbonyl (C=O) groups excluding carboxylic acids is 2. The van der Waals surface area contributed by atoms with Crippen LogP contribution in [0, 0.1) is 6.92 Å². The average Bonchev–Trinajstić information content (AvgIpc) is 3.42. The summed E-state index contributed by atoms with van der Waals surface area (Å²) < 4.78 is 8.64. The number of hydrogen-bond donors (Lipinski definition) is 1. The van der Waals surface area contributed by atoms with Crippen LogP contribution in [0.25, 0.3) is 26.0 Å². The maximum atomic E-state index is 12.1. The van der Waals surface area contributed by atoms with E-state index in [0.29, 0.717) is 38.3 Å². The van der Waals surface area contributed by atoms with Crippen molar-refractivity contribution in [3.8, 4) is 16.2 Å². The number of ether oxygens (including phenoxy) is 1. The minimum absolute atomic E-state index is 0.134. The molecule has 5 rings (SSSR count). The van der Waals surface area contributed by atoms with Crippen molar-refractivity contribution < 1.29 is 14.3 Å². The fraction of sp³-hybridized carbons (Fsp3) is 0.385. The van der Waals surface area contributed by atoms with Gasteiger partial charge >= 0.3 is 0 Å². The molecule has 0 saturated carbocycles. The Morgan fingerprint density at radius 1 is 1.22 bits per heavy atom. The van der Waals surface area contributed by atoms with Crippen molar-refractivity contribution in [1.29, 1.82) is 0 Å². The molecular formula is C26H30N6O3S. The molecule has 0 atom stereocenters. The van der Waals surface area contributed by atoms with Gasteiger partial charge in [0, 0.05) is 49.6 Å². The molecule has 1 saturated heterocycles. The Bertz CT molecular complexity index is 1450. The second-order valence-corrected chi connectivity index (χ2v) is 10.4. The first-order valence-corrected chi connectivity index (χ1v) is 12.8. The van der Waals surface area contributed by atoms with Gasteiger partial charge in [0.05, 0.1) is 17.5 Å². The zero-order valence-electron chi connectivity index (χ0n) is 20.8. The fourth-order valence-corrected chi connectivity index (χ4v) is 6.20. The standard InChI is InChI=1S/C26H30N6O3S/c1-16-10-18-12-22(36-25(18)21(11-16)35-3)23-19(5-4-17(2)34)20(32-24(23)26(27)28-14-29-32)13-30-6-8-31(15-33)9-7-30/h10-12,14-15H,4-9,13H2,1-3H3,(H2,27,28,29). The second-order valence-electron chi connectivity index (χ2n) is 9.32. The molecule has 0 radical (unpaired) electrons. The molecule has 1 aromatic carbocycles. The number of Topliss-reactive ketones (excluding diaryl/α,β-unsaturated/α-hetero) is 1. The number of piperazine rings is 1. The van der Waals surface area contributed by atoms with Gasteiger partial charge in [0.1, 0.15) is 23.4 Å². The van der Waals surface area contributed by atoms with E-state index >= 15 is 0 Å². The van der Waals surface area contributed by atoms with Crippen molar-refractivity contribution in [2.75, 3.05) is 39.0 Å². The fourth-order valence-electron chi connectivity index (χ4n) is 5.00. The molecule has 10 heteroatoms. The third-order valence-corrected chi connectivity index (χ3v) is 7.99. The Balaban J connectivity index is 1.70. The Morgan fingerprint density at radius 2 is 2.00 bits per heavy atom. The highest BCUT2D eigenvalue weighted by molar-refractivity contribution is 7.22. The normalized spacial score (nSPS) is 14.6. The van der Waals surface area contributed by atoms with Crippen LogP contribution in [-0.4, -0.2) is 69.9 Å². The highest BCUT2D eigenvalue weighted by Crippen LogP contribution is 2.44. The van der Waals surface area contributed by atoms with Crippen molar-refractivity contribution in [2.45, 2.75) is 33.2 Å². The van der Waals surface area contributed by atoms with Gasteiger partial charge in [0.2, 0.25) is 6.41 Å². The number of anilines is 1. The molecular weight excluding hydrogens is 476 g/mol. The van der Waals surface area contributed by atoms with E-state index in [0.717, 1.165) is 68.1 Å². The maximum absolute atomic E-state index is 12.1. The minimum Gasteiger partial charge on any atom is -0.495 e. The van der Waals surface area contributed by atoms with E-state index in [1.807, 2.05) is 10.6 Å². The van der Waals surface area contributed by atoms with E-state index in [1.165, 1.54) is 6.33 Å². The molecule has 1 aliphatic rings. The van der Waals surface area contributed by atoms with Crippen molar-refractivity contribution in [3.63, 3.8) is 0 Å². The first kappa shape index (κ1) is 24.2. The maximum Gasteiger partial charge on any atom is 0.209 e.